The molecule has 0 aliphatic heterocycles. The Morgan fingerprint density at radius 2 is 1.48 bits per heavy atom. The highest BCUT2D eigenvalue weighted by atomic mass is 19.4. The second-order valence-electron chi connectivity index (χ2n) is 6.64. The molecule has 2 aromatic carbocycles. The number of rotatable bonds is 5. The highest BCUT2D eigenvalue weighted by Crippen LogP contribution is 2.33. The summed E-state index contributed by atoms with van der Waals surface area (Å²) in [4.78, 5) is 24.5. The number of furan rings is 1. The van der Waals surface area contributed by atoms with E-state index in [-0.39, 0.29) is 17.1 Å². The zero-order chi connectivity index (χ0) is 23.6. The Balaban J connectivity index is 1.53. The van der Waals surface area contributed by atoms with Crippen LogP contribution in [-0.4, -0.2) is 26.8 Å². The Labute approximate surface area is 182 Å². The summed E-state index contributed by atoms with van der Waals surface area (Å²) in [5.74, 6) is -2.20. The smallest absolute Gasteiger partial charge is 0.435 e. The number of aromatic nitrogens is 3. The van der Waals surface area contributed by atoms with E-state index < -0.39 is 35.2 Å². The predicted molar refractivity (Wildman–Crippen MR) is 107 cm³/mol. The molecule has 2 aromatic heterocycles. The Morgan fingerprint density at radius 3 is 2.03 bits per heavy atom. The van der Waals surface area contributed by atoms with E-state index in [4.69, 9.17) is 4.42 Å². The van der Waals surface area contributed by atoms with Gasteiger partial charge in [0, 0.05) is 11.4 Å². The summed E-state index contributed by atoms with van der Waals surface area (Å²) in [6, 6.07) is 12.8. The molecule has 0 spiro atoms. The number of carbonyl (C=O) groups is 2. The van der Waals surface area contributed by atoms with Gasteiger partial charge >= 0.3 is 6.18 Å². The average molecular weight is 459 g/mol. The molecule has 0 aliphatic carbocycles. The van der Waals surface area contributed by atoms with Crippen molar-refractivity contribution < 1.29 is 31.6 Å². The van der Waals surface area contributed by atoms with Gasteiger partial charge in [0.2, 0.25) is 0 Å². The lowest BCUT2D eigenvalue weighted by atomic mass is 10.2. The number of hydrogen-bond donors (Lipinski definition) is 2. The van der Waals surface area contributed by atoms with Gasteiger partial charge in [0.25, 0.3) is 11.8 Å². The predicted octanol–water partition coefficient (Wildman–Crippen LogP) is 4.52. The molecule has 0 bridgehead atoms. The molecule has 0 aliphatic rings. The first kappa shape index (κ1) is 21.7. The van der Waals surface area contributed by atoms with E-state index in [0.29, 0.717) is 10.4 Å². The topological polar surface area (TPSA) is 102 Å². The third-order valence-corrected chi connectivity index (χ3v) is 4.37. The fraction of sp³-hybridized carbons (Fsp3) is 0.0476. The fourth-order valence-electron chi connectivity index (χ4n) is 2.88. The van der Waals surface area contributed by atoms with Gasteiger partial charge in [0.15, 0.2) is 17.1 Å². The van der Waals surface area contributed by atoms with E-state index in [2.05, 4.69) is 20.9 Å². The SMILES string of the molecule is O=C(Nc1ccc(NC(=O)c2nnn(-c3ccc(F)cc3)c2C(F)(F)F)cc1)c1ccco1. The van der Waals surface area contributed by atoms with E-state index in [1.165, 1.54) is 36.6 Å². The van der Waals surface area contributed by atoms with Crippen molar-refractivity contribution in [1.82, 2.24) is 15.0 Å². The molecule has 2 heterocycles. The van der Waals surface area contributed by atoms with Gasteiger partial charge in [0.05, 0.1) is 12.0 Å². The molecule has 2 amide bonds. The van der Waals surface area contributed by atoms with E-state index in [1.807, 2.05) is 0 Å². The maximum Gasteiger partial charge on any atom is 0.435 e. The summed E-state index contributed by atoms with van der Waals surface area (Å²) in [5, 5.41) is 11.7. The van der Waals surface area contributed by atoms with Crippen molar-refractivity contribution in [3.63, 3.8) is 0 Å². The summed E-state index contributed by atoms with van der Waals surface area (Å²) >= 11 is 0. The van der Waals surface area contributed by atoms with Gasteiger partial charge in [-0.15, -0.1) is 5.10 Å². The minimum atomic E-state index is -4.97. The maximum absolute atomic E-state index is 13.7. The molecular formula is C21H13F4N5O3. The van der Waals surface area contributed by atoms with Crippen molar-refractivity contribution in [2.24, 2.45) is 0 Å². The number of alkyl halides is 3. The molecule has 0 unspecified atom stereocenters. The van der Waals surface area contributed by atoms with E-state index >= 15 is 0 Å². The monoisotopic (exact) mass is 459 g/mol. The molecule has 168 valence electrons. The number of anilines is 2. The molecule has 0 radical (unpaired) electrons. The first-order chi connectivity index (χ1) is 15.7. The molecule has 0 saturated carbocycles. The lowest BCUT2D eigenvalue weighted by Crippen LogP contribution is -2.21. The molecule has 8 nitrogen and oxygen atoms in total. The van der Waals surface area contributed by atoms with Gasteiger partial charge in [0.1, 0.15) is 5.82 Å². The summed E-state index contributed by atoms with van der Waals surface area (Å²) in [6.45, 7) is 0. The van der Waals surface area contributed by atoms with Crippen molar-refractivity contribution in [3.8, 4) is 5.69 Å². The van der Waals surface area contributed by atoms with Crippen molar-refractivity contribution in [2.45, 2.75) is 6.18 Å². The standard InChI is InChI=1S/C21H13F4N5O3/c22-12-3-9-15(10-4-12)30-18(21(23,24)25)17(28-29-30)20(32)27-14-7-5-13(6-8-14)26-19(31)16-2-1-11-33-16/h1-11H,(H,26,31)(H,27,32). The second kappa shape index (κ2) is 8.57. The number of nitrogens with one attached hydrogen (secondary N) is 2. The highest BCUT2D eigenvalue weighted by molar-refractivity contribution is 6.04. The molecule has 0 atom stereocenters. The Kier molecular flexibility index (Phi) is 5.65. The zero-order valence-corrected chi connectivity index (χ0v) is 16.4. The first-order valence-corrected chi connectivity index (χ1v) is 9.27. The molecule has 33 heavy (non-hydrogen) atoms. The third kappa shape index (κ3) is 4.74. The van der Waals surface area contributed by atoms with Gasteiger partial charge in [-0.2, -0.15) is 13.2 Å². The van der Waals surface area contributed by atoms with Crippen LogP contribution in [0.2, 0.25) is 0 Å². The van der Waals surface area contributed by atoms with Gasteiger partial charge in [-0.05, 0) is 60.7 Å². The van der Waals surface area contributed by atoms with E-state index in [0.717, 1.165) is 24.3 Å². The quantitative estimate of drug-likeness (QED) is 0.427. The van der Waals surface area contributed by atoms with Crippen LogP contribution in [0.5, 0.6) is 0 Å². The van der Waals surface area contributed by atoms with Gasteiger partial charge in [-0.3, -0.25) is 9.59 Å². The van der Waals surface area contributed by atoms with Crippen molar-refractivity contribution in [1.29, 1.82) is 0 Å². The average Bonchev–Trinajstić information content (AvgIpc) is 3.46. The largest absolute Gasteiger partial charge is 0.459 e. The van der Waals surface area contributed by atoms with Crippen LogP contribution >= 0.6 is 0 Å². The molecule has 2 N–H and O–H groups in total. The minimum absolute atomic E-state index is 0.0938. The number of nitrogens with zero attached hydrogens (tertiary/aromatic N) is 3. The van der Waals surface area contributed by atoms with Crippen LogP contribution in [0.4, 0.5) is 28.9 Å². The zero-order valence-electron chi connectivity index (χ0n) is 16.4. The maximum atomic E-state index is 13.7. The van der Waals surface area contributed by atoms with Crippen LogP contribution in [0.15, 0.2) is 71.3 Å². The van der Waals surface area contributed by atoms with Gasteiger partial charge in [-0.25, -0.2) is 9.07 Å². The summed E-state index contributed by atoms with van der Waals surface area (Å²) in [7, 11) is 0. The Bertz CT molecular complexity index is 1280. The van der Waals surface area contributed by atoms with Crippen LogP contribution < -0.4 is 10.6 Å². The molecular weight excluding hydrogens is 446 g/mol. The first-order valence-electron chi connectivity index (χ1n) is 9.27. The second-order valence-corrected chi connectivity index (χ2v) is 6.64. The Hall–Kier alpha value is -4.48. The van der Waals surface area contributed by atoms with Crippen LogP contribution in [0.25, 0.3) is 5.69 Å². The van der Waals surface area contributed by atoms with Gasteiger partial charge < -0.3 is 15.1 Å². The normalized spacial score (nSPS) is 11.3. The fourth-order valence-corrected chi connectivity index (χ4v) is 2.88. The molecule has 4 aromatic rings. The summed E-state index contributed by atoms with van der Waals surface area (Å²) < 4.78 is 59.6. The molecule has 12 heteroatoms. The number of carbonyl (C=O) groups excluding carboxylic acids is 2. The number of hydrogen-bond acceptors (Lipinski definition) is 5. The van der Waals surface area contributed by atoms with Crippen LogP contribution in [0.3, 0.4) is 0 Å². The van der Waals surface area contributed by atoms with Crippen LogP contribution in [-0.2, 0) is 6.18 Å². The number of amides is 2. The van der Waals surface area contributed by atoms with E-state index in [1.54, 1.807) is 6.07 Å². The van der Waals surface area contributed by atoms with Crippen LogP contribution in [0.1, 0.15) is 26.7 Å². The molecule has 0 fully saturated rings. The molecule has 0 saturated heterocycles. The summed E-state index contributed by atoms with van der Waals surface area (Å²) in [6.07, 6.45) is -3.63. The van der Waals surface area contributed by atoms with E-state index in [9.17, 15) is 27.2 Å². The lowest BCUT2D eigenvalue weighted by Gasteiger charge is -2.11. The van der Waals surface area contributed by atoms with Crippen molar-refractivity contribution >= 4 is 23.2 Å². The number of benzene rings is 2. The highest BCUT2D eigenvalue weighted by Gasteiger charge is 2.42. The van der Waals surface area contributed by atoms with Crippen LogP contribution in [0, 0.1) is 5.82 Å². The Morgan fingerprint density at radius 1 is 0.879 bits per heavy atom. The van der Waals surface area contributed by atoms with Gasteiger partial charge in [-0.1, -0.05) is 5.21 Å². The van der Waals surface area contributed by atoms with Crippen molar-refractivity contribution in [3.05, 3.63) is 89.9 Å². The lowest BCUT2D eigenvalue weighted by molar-refractivity contribution is -0.143. The molecule has 4 rings (SSSR count). The minimum Gasteiger partial charge on any atom is -0.459 e. The van der Waals surface area contributed by atoms with Crippen molar-refractivity contribution in [2.75, 3.05) is 10.6 Å². The third-order valence-electron chi connectivity index (χ3n) is 4.37. The number of halogens is 4. The summed E-state index contributed by atoms with van der Waals surface area (Å²) in [5.41, 5.74) is -1.96.